The lowest BCUT2D eigenvalue weighted by molar-refractivity contribution is -0.154. The number of hydrogen-bond donors (Lipinski definition) is 4. The van der Waals surface area contributed by atoms with Crippen molar-refractivity contribution in [1.29, 1.82) is 0 Å². The number of nitrogens with zero attached hydrogens (tertiary/aromatic N) is 1. The van der Waals surface area contributed by atoms with Crippen LogP contribution < -0.4 is 16.2 Å². The summed E-state index contributed by atoms with van der Waals surface area (Å²) in [6, 6.07) is 7.24. The molecule has 1 atom stereocenters. The van der Waals surface area contributed by atoms with Gasteiger partial charge in [-0.2, -0.15) is 0 Å². The molecule has 0 radical (unpaired) electrons. The smallest absolute Gasteiger partial charge is 0.239 e. The van der Waals surface area contributed by atoms with Gasteiger partial charge in [-0.25, -0.2) is 10.5 Å². The zero-order valence-electron chi connectivity index (χ0n) is 15.3. The van der Waals surface area contributed by atoms with Gasteiger partial charge in [-0.15, -0.1) is 0 Å². The maximum Gasteiger partial charge on any atom is 0.239 e. The third-order valence-electron chi connectivity index (χ3n) is 3.83. The second-order valence-electron chi connectivity index (χ2n) is 6.14. The second kappa shape index (κ2) is 12.0. The lowest BCUT2D eigenvalue weighted by Gasteiger charge is -2.19. The molecule has 0 aliphatic heterocycles. The number of unbranched alkanes of at least 4 members (excludes halogenated alkanes) is 2. The third kappa shape index (κ3) is 8.59. The van der Waals surface area contributed by atoms with E-state index in [9.17, 15) is 19.6 Å². The first-order valence-corrected chi connectivity index (χ1v) is 8.76. The van der Waals surface area contributed by atoms with Gasteiger partial charge in [0.05, 0.1) is 12.5 Å². The number of carbonyl (C=O) groups excluding carboxylic acids is 3. The molecule has 0 bridgehead atoms. The van der Waals surface area contributed by atoms with Gasteiger partial charge in [0.15, 0.2) is 0 Å². The number of hydrazine groups is 1. The summed E-state index contributed by atoms with van der Waals surface area (Å²) in [6.45, 7) is 3.88. The van der Waals surface area contributed by atoms with Crippen LogP contribution in [-0.2, 0) is 20.9 Å². The quantitative estimate of drug-likeness (QED) is 0.196. The molecule has 1 aromatic carbocycles. The molecule has 0 unspecified atom stereocenters. The van der Waals surface area contributed by atoms with Gasteiger partial charge in [-0.05, 0) is 24.1 Å². The van der Waals surface area contributed by atoms with E-state index in [1.165, 1.54) is 6.92 Å². The highest BCUT2D eigenvalue weighted by atomic mass is 16.5. The van der Waals surface area contributed by atoms with Crippen molar-refractivity contribution in [2.45, 2.75) is 46.1 Å². The lowest BCUT2D eigenvalue weighted by Crippen LogP contribution is -2.44. The van der Waals surface area contributed by atoms with E-state index in [2.05, 4.69) is 23.1 Å². The minimum absolute atomic E-state index is 0.0356. The van der Waals surface area contributed by atoms with Gasteiger partial charge < -0.3 is 5.32 Å². The highest BCUT2D eigenvalue weighted by Crippen LogP contribution is 2.12. The van der Waals surface area contributed by atoms with Crippen LogP contribution in [0.5, 0.6) is 0 Å². The molecule has 26 heavy (non-hydrogen) atoms. The van der Waals surface area contributed by atoms with E-state index >= 15 is 0 Å². The molecular weight excluding hydrogens is 336 g/mol. The first kappa shape index (κ1) is 21.6. The molecule has 0 fully saturated rings. The summed E-state index contributed by atoms with van der Waals surface area (Å²) in [6.07, 6.45) is 3.76. The van der Waals surface area contributed by atoms with Gasteiger partial charge in [0.25, 0.3) is 0 Å². The van der Waals surface area contributed by atoms with E-state index in [1.54, 1.807) is 12.1 Å². The Morgan fingerprint density at radius 2 is 1.92 bits per heavy atom. The van der Waals surface area contributed by atoms with Gasteiger partial charge >= 0.3 is 0 Å². The zero-order valence-corrected chi connectivity index (χ0v) is 15.3. The van der Waals surface area contributed by atoms with Crippen LogP contribution in [0.2, 0.25) is 0 Å². The molecule has 3 amide bonds. The van der Waals surface area contributed by atoms with Gasteiger partial charge in [-0.3, -0.25) is 25.0 Å². The highest BCUT2D eigenvalue weighted by molar-refractivity contribution is 5.88. The molecule has 0 heterocycles. The summed E-state index contributed by atoms with van der Waals surface area (Å²) in [7, 11) is 0. The van der Waals surface area contributed by atoms with Gasteiger partial charge in [0, 0.05) is 19.2 Å². The molecule has 1 rings (SSSR count). The number of benzene rings is 1. The van der Waals surface area contributed by atoms with Crippen molar-refractivity contribution < 1.29 is 19.6 Å². The van der Waals surface area contributed by atoms with Crippen molar-refractivity contribution in [2.75, 3.05) is 11.9 Å². The summed E-state index contributed by atoms with van der Waals surface area (Å²) in [4.78, 5) is 33.9. The van der Waals surface area contributed by atoms with Gasteiger partial charge in [-0.1, -0.05) is 38.3 Å². The van der Waals surface area contributed by atoms with Crippen LogP contribution >= 0.6 is 0 Å². The van der Waals surface area contributed by atoms with E-state index in [0.717, 1.165) is 24.8 Å². The average molecular weight is 364 g/mol. The van der Waals surface area contributed by atoms with Crippen molar-refractivity contribution >= 4 is 23.9 Å². The summed E-state index contributed by atoms with van der Waals surface area (Å²) in [5.41, 5.74) is 7.11. The molecule has 0 saturated carbocycles. The second-order valence-corrected chi connectivity index (χ2v) is 6.14. The Hall–Kier alpha value is -2.45. The maximum atomic E-state index is 12.3. The number of hydroxylamine groups is 2. The van der Waals surface area contributed by atoms with Crippen molar-refractivity contribution in [2.24, 2.45) is 5.92 Å². The monoisotopic (exact) mass is 364 g/mol. The predicted molar refractivity (Wildman–Crippen MR) is 97.9 cm³/mol. The zero-order chi connectivity index (χ0) is 19.4. The van der Waals surface area contributed by atoms with E-state index in [0.29, 0.717) is 30.1 Å². The Bertz CT molecular complexity index is 577. The van der Waals surface area contributed by atoms with Crippen LogP contribution in [0.4, 0.5) is 5.69 Å². The van der Waals surface area contributed by atoms with Crippen LogP contribution in [-0.4, -0.2) is 35.0 Å². The third-order valence-corrected chi connectivity index (χ3v) is 3.83. The predicted octanol–water partition coefficient (Wildman–Crippen LogP) is 1.81. The molecule has 144 valence electrons. The molecule has 0 aliphatic rings. The summed E-state index contributed by atoms with van der Waals surface area (Å²) in [5, 5.41) is 12.5. The van der Waals surface area contributed by atoms with Crippen molar-refractivity contribution in [1.82, 2.24) is 15.9 Å². The van der Waals surface area contributed by atoms with Crippen LogP contribution in [0.1, 0.15) is 45.1 Å². The minimum Gasteiger partial charge on any atom is -0.326 e. The Morgan fingerprint density at radius 1 is 1.23 bits per heavy atom. The summed E-state index contributed by atoms with van der Waals surface area (Å²) >= 11 is 0. The number of anilines is 1. The lowest BCUT2D eigenvalue weighted by atomic mass is 10.0. The topological polar surface area (TPSA) is 111 Å². The Kier molecular flexibility index (Phi) is 9.96. The standard InChI is InChI=1S/C18H28N4O4/c1-3-4-5-6-16(12-22(26)13-23)18(25)21-19-11-15-7-9-17(10-8-15)20-14(2)24/h7-10,13,16,19,26H,3-6,11-12H2,1-2H3,(H,20,24)(H,21,25)/t16-/m1/s1. The van der Waals surface area contributed by atoms with Gasteiger partial charge in [0.2, 0.25) is 18.2 Å². The summed E-state index contributed by atoms with van der Waals surface area (Å²) in [5.74, 6) is -0.881. The summed E-state index contributed by atoms with van der Waals surface area (Å²) < 4.78 is 0. The maximum absolute atomic E-state index is 12.3. The Morgan fingerprint density at radius 3 is 2.50 bits per heavy atom. The molecule has 0 saturated heterocycles. The van der Waals surface area contributed by atoms with Crippen LogP contribution in [0.15, 0.2) is 24.3 Å². The minimum atomic E-state index is -0.480. The highest BCUT2D eigenvalue weighted by Gasteiger charge is 2.20. The molecule has 0 aliphatic carbocycles. The average Bonchev–Trinajstić information content (AvgIpc) is 2.61. The Labute approximate surface area is 153 Å². The van der Waals surface area contributed by atoms with Crippen LogP contribution in [0.25, 0.3) is 0 Å². The molecule has 8 heteroatoms. The fraction of sp³-hybridized carbons (Fsp3) is 0.500. The molecule has 0 spiro atoms. The number of rotatable bonds is 12. The van der Waals surface area contributed by atoms with Crippen LogP contribution in [0, 0.1) is 5.92 Å². The molecule has 8 nitrogen and oxygen atoms in total. The van der Waals surface area contributed by atoms with E-state index in [1.807, 2.05) is 12.1 Å². The fourth-order valence-electron chi connectivity index (χ4n) is 2.46. The SMILES string of the molecule is CCCCC[C@H](CN(O)C=O)C(=O)NNCc1ccc(NC(C)=O)cc1. The van der Waals surface area contributed by atoms with Crippen molar-refractivity contribution in [3.05, 3.63) is 29.8 Å². The van der Waals surface area contributed by atoms with E-state index in [-0.39, 0.29) is 18.4 Å². The molecule has 4 N–H and O–H groups in total. The Balaban J connectivity index is 2.47. The number of carbonyl (C=O) groups is 3. The first-order chi connectivity index (χ1) is 12.5. The molecule has 1 aromatic rings. The normalized spacial score (nSPS) is 11.5. The van der Waals surface area contributed by atoms with E-state index in [4.69, 9.17) is 0 Å². The van der Waals surface area contributed by atoms with Gasteiger partial charge in [0.1, 0.15) is 0 Å². The van der Waals surface area contributed by atoms with Crippen molar-refractivity contribution in [3.8, 4) is 0 Å². The number of amides is 3. The van der Waals surface area contributed by atoms with E-state index < -0.39 is 5.92 Å². The molecule has 0 aromatic heterocycles. The molecular formula is C18H28N4O4. The first-order valence-electron chi connectivity index (χ1n) is 8.76. The largest absolute Gasteiger partial charge is 0.326 e. The fourth-order valence-corrected chi connectivity index (χ4v) is 2.46. The van der Waals surface area contributed by atoms with Crippen molar-refractivity contribution in [3.63, 3.8) is 0 Å². The number of nitrogens with one attached hydrogen (secondary N) is 3. The van der Waals surface area contributed by atoms with Crippen LogP contribution in [0.3, 0.4) is 0 Å². The number of hydrogen-bond acceptors (Lipinski definition) is 5.